The van der Waals surface area contributed by atoms with E-state index in [2.05, 4.69) is 18.8 Å². The van der Waals surface area contributed by atoms with E-state index < -0.39 is 28.8 Å². The van der Waals surface area contributed by atoms with E-state index >= 15 is 0 Å². The number of hydrogen-bond acceptors (Lipinski definition) is 9. The molecule has 1 aliphatic carbocycles. The number of aromatic hydroxyl groups is 1. The van der Waals surface area contributed by atoms with Gasteiger partial charge in [-0.2, -0.15) is 0 Å². The van der Waals surface area contributed by atoms with E-state index in [1.54, 1.807) is 19.4 Å². The predicted octanol–water partition coefficient (Wildman–Crippen LogP) is 6.00. The van der Waals surface area contributed by atoms with Gasteiger partial charge in [0.05, 0.1) is 45.2 Å². The smallest absolute Gasteiger partial charge is 0.302 e. The van der Waals surface area contributed by atoms with Crippen LogP contribution in [0.25, 0.3) is 10.2 Å². The van der Waals surface area contributed by atoms with Crippen molar-refractivity contribution in [2.45, 2.75) is 129 Å². The molecule has 2 aromatic rings. The van der Waals surface area contributed by atoms with Crippen molar-refractivity contribution in [3.8, 4) is 11.5 Å². The number of phenols is 1. The third-order valence-electron chi connectivity index (χ3n) is 10.3. The molecule has 3 aliphatic rings. The van der Waals surface area contributed by atoms with Crippen molar-refractivity contribution in [3.63, 3.8) is 0 Å². The first-order valence-corrected chi connectivity index (χ1v) is 15.6. The summed E-state index contributed by atoms with van der Waals surface area (Å²) in [6.07, 6.45) is 1.87. The van der Waals surface area contributed by atoms with Gasteiger partial charge in [-0.25, -0.2) is 4.98 Å². The minimum Gasteiger partial charge on any atom is -0.504 e. The maximum absolute atomic E-state index is 12.2. The number of hydrogen-bond donors (Lipinski definition) is 3. The first-order valence-electron chi connectivity index (χ1n) is 14.7. The van der Waals surface area contributed by atoms with Crippen molar-refractivity contribution < 1.29 is 34.3 Å². The summed E-state index contributed by atoms with van der Waals surface area (Å²) < 4.78 is 19.9. The number of thiazole rings is 1. The Kier molecular flexibility index (Phi) is 7.46. The van der Waals surface area contributed by atoms with Crippen LogP contribution >= 0.6 is 11.3 Å². The molecule has 0 amide bonds. The summed E-state index contributed by atoms with van der Waals surface area (Å²) >= 11 is 1.41. The van der Waals surface area contributed by atoms with Gasteiger partial charge < -0.3 is 29.5 Å². The fraction of sp³-hybridized carbons (Fsp3) is 0.742. The lowest BCUT2D eigenvalue weighted by Gasteiger charge is -2.61. The van der Waals surface area contributed by atoms with Gasteiger partial charge in [0.1, 0.15) is 11.7 Å². The number of aromatic nitrogens is 1. The van der Waals surface area contributed by atoms with Gasteiger partial charge in [0, 0.05) is 29.7 Å². The molecule has 1 saturated heterocycles. The zero-order valence-corrected chi connectivity index (χ0v) is 25.8. The van der Waals surface area contributed by atoms with E-state index in [1.165, 1.54) is 18.3 Å². The molecule has 0 bridgehead atoms. The van der Waals surface area contributed by atoms with Gasteiger partial charge in [-0.3, -0.25) is 4.79 Å². The Bertz CT molecular complexity index is 1290. The molecular formula is C31H45NO7S. The molecule has 1 saturated carbocycles. The van der Waals surface area contributed by atoms with Gasteiger partial charge in [-0.05, 0) is 52.4 Å². The topological polar surface area (TPSA) is 118 Å². The van der Waals surface area contributed by atoms with Crippen molar-refractivity contribution in [2.75, 3.05) is 0 Å². The van der Waals surface area contributed by atoms with Crippen LogP contribution in [0.4, 0.5) is 0 Å². The second-order valence-corrected chi connectivity index (χ2v) is 14.3. The Morgan fingerprint density at radius 2 is 1.98 bits per heavy atom. The van der Waals surface area contributed by atoms with E-state index in [1.807, 2.05) is 20.8 Å². The number of ether oxygens (including phenoxy) is 3. The molecule has 8 nitrogen and oxygen atoms in total. The van der Waals surface area contributed by atoms with Crippen molar-refractivity contribution in [1.82, 2.24) is 4.98 Å². The predicted molar refractivity (Wildman–Crippen MR) is 154 cm³/mol. The second-order valence-electron chi connectivity index (χ2n) is 13.5. The Labute approximate surface area is 241 Å². The maximum atomic E-state index is 12.2. The molecule has 40 heavy (non-hydrogen) atoms. The number of benzene rings is 1. The highest BCUT2D eigenvalue weighted by atomic mass is 32.1. The number of aliphatic hydroxyl groups excluding tert-OH is 1. The van der Waals surface area contributed by atoms with Crippen molar-refractivity contribution >= 4 is 27.5 Å². The van der Waals surface area contributed by atoms with E-state index in [9.17, 15) is 20.1 Å². The molecule has 0 radical (unpaired) electrons. The van der Waals surface area contributed by atoms with Crippen LogP contribution in [-0.2, 0) is 14.3 Å². The van der Waals surface area contributed by atoms with Crippen molar-refractivity contribution in [2.24, 2.45) is 17.3 Å². The van der Waals surface area contributed by atoms with Crippen LogP contribution in [0.1, 0.15) is 111 Å². The molecule has 9 heteroatoms. The summed E-state index contributed by atoms with van der Waals surface area (Å²) in [7, 11) is 0. The van der Waals surface area contributed by atoms with Crippen LogP contribution < -0.4 is 4.74 Å². The van der Waals surface area contributed by atoms with Gasteiger partial charge >= 0.3 is 5.97 Å². The summed E-state index contributed by atoms with van der Waals surface area (Å²) in [5.41, 5.74) is 1.44. The molecule has 0 unspecified atom stereocenters. The van der Waals surface area contributed by atoms with E-state index in [-0.39, 0.29) is 47.4 Å². The highest BCUT2D eigenvalue weighted by Crippen LogP contribution is 2.64. The van der Waals surface area contributed by atoms with E-state index in [0.29, 0.717) is 29.5 Å². The highest BCUT2D eigenvalue weighted by molar-refractivity contribution is 7.17. The summed E-state index contributed by atoms with van der Waals surface area (Å²) in [4.78, 5) is 16.7. The van der Waals surface area contributed by atoms with Crippen LogP contribution in [0.2, 0.25) is 0 Å². The summed E-state index contributed by atoms with van der Waals surface area (Å²) in [5, 5.41) is 34.7. The average molecular weight is 576 g/mol. The number of carbonyl (C=O) groups excluding carboxylic acids is 1. The minimum absolute atomic E-state index is 0.00676. The standard InChI is InChI=1S/C31H45NO7S/c1-9-15(2)25(37-17(4)33)16(3)20-23(34)26-21(22-27(20)40-14-32-22)24(35)28-30(7)12-10-18(29(5,6)36)38-19(30)11-13-31(28,8)39-26/h14-16,18-19,24-25,28,34-36H,9-13H2,1-8H3/t15-,16+,18-,19-,24-,25-,28-,30+,31-/m1/s1. The number of fused-ring (bicyclic) bond motifs is 6. The largest absolute Gasteiger partial charge is 0.504 e. The third-order valence-corrected chi connectivity index (χ3v) is 11.1. The molecule has 222 valence electrons. The van der Waals surface area contributed by atoms with Crippen molar-refractivity contribution in [3.05, 3.63) is 16.6 Å². The van der Waals surface area contributed by atoms with Crippen LogP contribution in [0, 0.1) is 17.3 Å². The molecule has 0 spiro atoms. The first-order chi connectivity index (χ1) is 18.6. The molecule has 1 aromatic carbocycles. The minimum atomic E-state index is -0.943. The zero-order chi connectivity index (χ0) is 29.4. The van der Waals surface area contributed by atoms with E-state index in [0.717, 1.165) is 24.0 Å². The molecule has 1 aromatic heterocycles. The lowest BCUT2D eigenvalue weighted by atomic mass is 9.53. The van der Waals surface area contributed by atoms with Crippen molar-refractivity contribution in [1.29, 1.82) is 0 Å². The van der Waals surface area contributed by atoms with Crippen LogP contribution in [0.3, 0.4) is 0 Å². The van der Waals surface area contributed by atoms with Crippen LogP contribution in [0.5, 0.6) is 11.5 Å². The molecular weight excluding hydrogens is 530 g/mol. The monoisotopic (exact) mass is 575 g/mol. The Balaban J connectivity index is 1.61. The number of phenolic OH excluding ortho intramolecular Hbond substituents is 1. The number of aliphatic hydroxyl groups is 2. The Morgan fingerprint density at radius 3 is 2.60 bits per heavy atom. The second kappa shape index (κ2) is 10.1. The van der Waals surface area contributed by atoms with E-state index in [4.69, 9.17) is 14.2 Å². The van der Waals surface area contributed by atoms with Gasteiger partial charge in [0.25, 0.3) is 0 Å². The number of nitrogens with zero attached hydrogens (tertiary/aromatic N) is 1. The molecule has 9 atom stereocenters. The average Bonchev–Trinajstić information content (AvgIpc) is 3.34. The normalized spacial score (nSPS) is 34.1. The molecule has 3 heterocycles. The van der Waals surface area contributed by atoms with Crippen LogP contribution in [-0.4, -0.2) is 55.8 Å². The quantitative estimate of drug-likeness (QED) is 0.359. The number of carbonyl (C=O) groups is 1. The molecule has 2 fully saturated rings. The fourth-order valence-corrected chi connectivity index (χ4v) is 8.92. The van der Waals surface area contributed by atoms with Gasteiger partial charge in [-0.15, -0.1) is 11.3 Å². The first kappa shape index (κ1) is 29.5. The lowest BCUT2D eigenvalue weighted by molar-refractivity contribution is -0.256. The SMILES string of the molecule is CC[C@@H](C)[C@@H](OC(C)=O)[C@@H](C)c1c(O)c2c(c3ncsc13)[C@@H](O)[C@@H]1[C@@]3(C)CC[C@H](C(C)(C)O)O[C@@H]3CC[C@@]1(C)O2. The Hall–Kier alpha value is -1.94. The summed E-state index contributed by atoms with van der Waals surface area (Å²) in [5.74, 6) is -0.630. The summed E-state index contributed by atoms with van der Waals surface area (Å²) in [6.45, 7) is 15.2. The third kappa shape index (κ3) is 4.52. The number of esters is 1. The number of rotatable bonds is 6. The maximum Gasteiger partial charge on any atom is 0.302 e. The summed E-state index contributed by atoms with van der Waals surface area (Å²) in [6, 6.07) is 0. The molecule has 3 N–H and O–H groups in total. The highest BCUT2D eigenvalue weighted by Gasteiger charge is 2.63. The molecule has 5 rings (SSSR count). The van der Waals surface area contributed by atoms with Crippen LogP contribution in [0.15, 0.2) is 5.51 Å². The van der Waals surface area contributed by atoms with Gasteiger partial charge in [0.2, 0.25) is 0 Å². The molecule has 2 aliphatic heterocycles. The fourth-order valence-electron chi connectivity index (χ4n) is 7.97. The lowest BCUT2D eigenvalue weighted by Crippen LogP contribution is -2.64. The van der Waals surface area contributed by atoms with Gasteiger partial charge in [0.15, 0.2) is 11.5 Å². The zero-order valence-electron chi connectivity index (χ0n) is 25.0. The van der Waals surface area contributed by atoms with Gasteiger partial charge in [-0.1, -0.05) is 34.1 Å². The Morgan fingerprint density at radius 1 is 1.27 bits per heavy atom.